The predicted molar refractivity (Wildman–Crippen MR) is 129 cm³/mol. The number of pyridine rings is 1. The molecule has 0 atom stereocenters. The third-order valence-electron chi connectivity index (χ3n) is 5.29. The molecule has 0 spiro atoms. The highest BCUT2D eigenvalue weighted by atomic mass is 19.1. The van der Waals surface area contributed by atoms with Crippen LogP contribution in [-0.4, -0.2) is 35.8 Å². The van der Waals surface area contributed by atoms with E-state index in [-0.39, 0.29) is 30.7 Å². The Hall–Kier alpha value is -4.20. The molecule has 1 N–H and O–H groups in total. The lowest BCUT2D eigenvalue weighted by molar-refractivity contribution is -0.114. The fraction of sp³-hybridized carbons (Fsp3) is 0.192. The van der Waals surface area contributed by atoms with E-state index in [1.54, 1.807) is 47.6 Å². The standard InChI is InChI=1S/C26H25FN4O3/c1-17(32)28-22-10-7-18(8-11-22)26(33)31(16-23-5-4-12-34-23)15-20-13-19-6-9-21(27)14-24(19)29-25(20)30(2)3/h4-14H,15-16H2,1-3H3,(H,28,32). The number of aromatic nitrogens is 1. The molecule has 7 nitrogen and oxygen atoms in total. The van der Waals surface area contributed by atoms with Gasteiger partial charge in [0.1, 0.15) is 17.4 Å². The molecule has 0 saturated carbocycles. The molecule has 0 fully saturated rings. The lowest BCUT2D eigenvalue weighted by Crippen LogP contribution is -2.31. The van der Waals surface area contributed by atoms with E-state index >= 15 is 0 Å². The molecule has 2 heterocycles. The molecule has 174 valence electrons. The topological polar surface area (TPSA) is 78.7 Å². The SMILES string of the molecule is CC(=O)Nc1ccc(C(=O)N(Cc2ccco2)Cc2cc3ccc(F)cc3nc2N(C)C)cc1. The van der Waals surface area contributed by atoms with E-state index in [0.29, 0.717) is 28.3 Å². The first-order valence-corrected chi connectivity index (χ1v) is 10.8. The van der Waals surface area contributed by atoms with Gasteiger partial charge in [-0.05, 0) is 54.6 Å². The van der Waals surface area contributed by atoms with Gasteiger partial charge in [0.05, 0.1) is 24.9 Å². The number of fused-ring (bicyclic) bond motifs is 1. The molecule has 4 aromatic rings. The summed E-state index contributed by atoms with van der Waals surface area (Å²) in [5.41, 5.74) is 2.45. The number of rotatable bonds is 7. The highest BCUT2D eigenvalue weighted by molar-refractivity contribution is 5.95. The zero-order chi connectivity index (χ0) is 24.2. The highest BCUT2D eigenvalue weighted by Crippen LogP contribution is 2.26. The molecule has 2 amide bonds. The van der Waals surface area contributed by atoms with E-state index in [0.717, 1.165) is 10.9 Å². The Labute approximate surface area is 196 Å². The van der Waals surface area contributed by atoms with Crippen LogP contribution in [0.3, 0.4) is 0 Å². The van der Waals surface area contributed by atoms with Crippen LogP contribution >= 0.6 is 0 Å². The zero-order valence-corrected chi connectivity index (χ0v) is 19.2. The van der Waals surface area contributed by atoms with Gasteiger partial charge in [-0.25, -0.2) is 9.37 Å². The molecular formula is C26H25FN4O3. The maximum atomic E-state index is 13.7. The second-order valence-electron chi connectivity index (χ2n) is 8.20. The summed E-state index contributed by atoms with van der Waals surface area (Å²) in [4.78, 5) is 33.0. The number of benzene rings is 2. The van der Waals surface area contributed by atoms with Gasteiger partial charge in [0.25, 0.3) is 5.91 Å². The first kappa shape index (κ1) is 23.0. The smallest absolute Gasteiger partial charge is 0.254 e. The lowest BCUT2D eigenvalue weighted by atomic mass is 10.1. The minimum atomic E-state index is -0.352. The molecule has 2 aromatic carbocycles. The van der Waals surface area contributed by atoms with Crippen molar-refractivity contribution < 1.29 is 18.4 Å². The first-order valence-electron chi connectivity index (χ1n) is 10.8. The van der Waals surface area contributed by atoms with Crippen LogP contribution in [0.15, 0.2) is 71.3 Å². The van der Waals surface area contributed by atoms with Crippen molar-refractivity contribution in [2.75, 3.05) is 24.3 Å². The summed E-state index contributed by atoms with van der Waals surface area (Å²) in [6.45, 7) is 1.95. The van der Waals surface area contributed by atoms with Crippen LogP contribution in [0.5, 0.6) is 0 Å². The minimum absolute atomic E-state index is 0.182. The van der Waals surface area contributed by atoms with Crippen LogP contribution in [0, 0.1) is 5.82 Å². The van der Waals surface area contributed by atoms with Gasteiger partial charge >= 0.3 is 0 Å². The van der Waals surface area contributed by atoms with Gasteiger partial charge in [0.2, 0.25) is 5.91 Å². The van der Waals surface area contributed by atoms with Crippen molar-refractivity contribution in [1.82, 2.24) is 9.88 Å². The summed E-state index contributed by atoms with van der Waals surface area (Å²) in [6, 6.07) is 16.7. The van der Waals surface area contributed by atoms with Crippen molar-refractivity contribution in [3.8, 4) is 0 Å². The summed E-state index contributed by atoms with van der Waals surface area (Å²) in [6.07, 6.45) is 1.57. The predicted octanol–water partition coefficient (Wildman–Crippen LogP) is 4.83. The molecule has 4 rings (SSSR count). The van der Waals surface area contributed by atoms with Crippen LogP contribution in [0.25, 0.3) is 10.9 Å². The van der Waals surface area contributed by atoms with Crippen molar-refractivity contribution in [2.24, 2.45) is 0 Å². The summed E-state index contributed by atoms with van der Waals surface area (Å²) in [7, 11) is 3.72. The maximum Gasteiger partial charge on any atom is 0.254 e. The normalized spacial score (nSPS) is 10.8. The van der Waals surface area contributed by atoms with Crippen molar-refractivity contribution >= 4 is 34.2 Å². The quantitative estimate of drug-likeness (QED) is 0.427. The van der Waals surface area contributed by atoms with E-state index in [9.17, 15) is 14.0 Å². The van der Waals surface area contributed by atoms with Crippen LogP contribution in [-0.2, 0) is 17.9 Å². The number of nitrogens with zero attached hydrogens (tertiary/aromatic N) is 3. The third kappa shape index (κ3) is 5.23. The van der Waals surface area contributed by atoms with Crippen molar-refractivity contribution in [3.05, 3.63) is 89.6 Å². The fourth-order valence-corrected chi connectivity index (χ4v) is 3.76. The van der Waals surface area contributed by atoms with Crippen LogP contribution in [0.1, 0.15) is 28.6 Å². The lowest BCUT2D eigenvalue weighted by Gasteiger charge is -2.25. The molecule has 0 aliphatic heterocycles. The molecule has 0 unspecified atom stereocenters. The van der Waals surface area contributed by atoms with Crippen LogP contribution in [0.2, 0.25) is 0 Å². The Morgan fingerprint density at radius 2 is 1.79 bits per heavy atom. The molecule has 0 saturated heterocycles. The van der Waals surface area contributed by atoms with Crippen molar-refractivity contribution in [2.45, 2.75) is 20.0 Å². The number of hydrogen-bond acceptors (Lipinski definition) is 5. The average molecular weight is 461 g/mol. The average Bonchev–Trinajstić information content (AvgIpc) is 3.31. The molecule has 8 heteroatoms. The van der Waals surface area contributed by atoms with Gasteiger partial charge in [0.15, 0.2) is 0 Å². The van der Waals surface area contributed by atoms with Gasteiger partial charge in [-0.15, -0.1) is 0 Å². The molecule has 0 aliphatic carbocycles. The van der Waals surface area contributed by atoms with E-state index in [4.69, 9.17) is 4.42 Å². The Kier molecular flexibility index (Phi) is 6.58. The molecule has 0 bridgehead atoms. The highest BCUT2D eigenvalue weighted by Gasteiger charge is 2.21. The number of anilines is 2. The van der Waals surface area contributed by atoms with Crippen molar-refractivity contribution in [1.29, 1.82) is 0 Å². The number of halogens is 1. The summed E-state index contributed by atoms with van der Waals surface area (Å²) in [5, 5.41) is 3.48. The second kappa shape index (κ2) is 9.74. The fourth-order valence-electron chi connectivity index (χ4n) is 3.76. The molecule has 0 radical (unpaired) electrons. The van der Waals surface area contributed by atoms with E-state index in [1.165, 1.54) is 19.1 Å². The van der Waals surface area contributed by atoms with Crippen molar-refractivity contribution in [3.63, 3.8) is 0 Å². The number of carbonyl (C=O) groups excluding carboxylic acids is 2. The second-order valence-corrected chi connectivity index (χ2v) is 8.20. The van der Waals surface area contributed by atoms with E-state index < -0.39 is 0 Å². The maximum absolute atomic E-state index is 13.7. The Balaban J connectivity index is 1.69. The van der Waals surface area contributed by atoms with Gasteiger partial charge in [-0.1, -0.05) is 0 Å². The largest absolute Gasteiger partial charge is 0.467 e. The summed E-state index contributed by atoms with van der Waals surface area (Å²) < 4.78 is 19.2. The number of furan rings is 1. The third-order valence-corrected chi connectivity index (χ3v) is 5.29. The van der Waals surface area contributed by atoms with Gasteiger partial charge in [-0.2, -0.15) is 0 Å². The first-order chi connectivity index (χ1) is 16.3. The van der Waals surface area contributed by atoms with Gasteiger partial charge < -0.3 is 19.5 Å². The molecular weight excluding hydrogens is 435 g/mol. The van der Waals surface area contributed by atoms with Gasteiger partial charge in [-0.3, -0.25) is 9.59 Å². The molecule has 2 aromatic heterocycles. The van der Waals surface area contributed by atoms with E-state index in [2.05, 4.69) is 10.3 Å². The number of amides is 2. The van der Waals surface area contributed by atoms with Gasteiger partial charge in [0, 0.05) is 49.3 Å². The Bertz CT molecular complexity index is 1320. The minimum Gasteiger partial charge on any atom is -0.467 e. The van der Waals surface area contributed by atoms with E-state index in [1.807, 2.05) is 31.1 Å². The number of nitrogens with one attached hydrogen (secondary N) is 1. The molecule has 34 heavy (non-hydrogen) atoms. The Morgan fingerprint density at radius 1 is 1.03 bits per heavy atom. The summed E-state index contributed by atoms with van der Waals surface area (Å²) >= 11 is 0. The summed E-state index contributed by atoms with van der Waals surface area (Å²) in [5.74, 6) is 0.560. The molecule has 0 aliphatic rings. The number of hydrogen-bond donors (Lipinski definition) is 1. The van der Waals surface area contributed by atoms with Crippen LogP contribution < -0.4 is 10.2 Å². The van der Waals surface area contributed by atoms with Crippen LogP contribution in [0.4, 0.5) is 15.9 Å². The Morgan fingerprint density at radius 3 is 2.44 bits per heavy atom. The monoisotopic (exact) mass is 460 g/mol. The zero-order valence-electron chi connectivity index (χ0n) is 19.2. The number of carbonyl (C=O) groups is 2.